The molecule has 3 aromatic heterocycles. The number of rotatable bonds is 6. The molecule has 1 aliphatic heterocycles. The second-order valence-corrected chi connectivity index (χ2v) is 7.39. The van der Waals surface area contributed by atoms with Gasteiger partial charge in [0, 0.05) is 38.9 Å². The largest absolute Gasteiger partial charge is 0.477 e. The molecule has 0 saturated carbocycles. The van der Waals surface area contributed by atoms with E-state index in [1.165, 1.54) is 16.8 Å². The van der Waals surface area contributed by atoms with Crippen LogP contribution in [0.15, 0.2) is 33.6 Å². The third-order valence-electron chi connectivity index (χ3n) is 5.43. The molecule has 1 fully saturated rings. The normalized spacial score (nSPS) is 14.8. The van der Waals surface area contributed by atoms with E-state index in [0.717, 1.165) is 6.07 Å². The summed E-state index contributed by atoms with van der Waals surface area (Å²) in [5.74, 6) is -1.82. The predicted octanol–water partition coefficient (Wildman–Crippen LogP) is 2.08. The number of nitro groups is 1. The molecular formula is C20H20FN5O6. The van der Waals surface area contributed by atoms with Gasteiger partial charge in [0.2, 0.25) is 5.43 Å². The summed E-state index contributed by atoms with van der Waals surface area (Å²) >= 11 is 0. The van der Waals surface area contributed by atoms with Crippen LogP contribution in [0.5, 0.6) is 0 Å². The molecule has 12 heteroatoms. The average molecular weight is 445 g/mol. The van der Waals surface area contributed by atoms with Gasteiger partial charge in [-0.3, -0.25) is 19.8 Å². The minimum absolute atomic E-state index is 0.0777. The molecule has 0 aliphatic carbocycles. The van der Waals surface area contributed by atoms with Crippen LogP contribution in [0.1, 0.15) is 23.0 Å². The molecular weight excluding hydrogens is 425 g/mol. The number of carboxylic acids is 1. The van der Waals surface area contributed by atoms with E-state index < -0.39 is 27.7 Å². The topological polar surface area (TPSA) is 135 Å². The number of aromatic nitrogens is 2. The van der Waals surface area contributed by atoms with E-state index in [-0.39, 0.29) is 22.7 Å². The van der Waals surface area contributed by atoms with Crippen molar-refractivity contribution in [2.45, 2.75) is 20.0 Å². The first-order valence-electron chi connectivity index (χ1n) is 9.96. The fraction of sp³-hybridized carbons (Fsp3) is 0.350. The first-order valence-corrected chi connectivity index (χ1v) is 9.96. The van der Waals surface area contributed by atoms with Gasteiger partial charge in [-0.2, -0.15) is 0 Å². The molecule has 0 atom stereocenters. The van der Waals surface area contributed by atoms with Crippen LogP contribution in [-0.4, -0.2) is 56.6 Å². The Balaban J connectivity index is 1.56. The van der Waals surface area contributed by atoms with Gasteiger partial charge in [0.1, 0.15) is 21.9 Å². The first kappa shape index (κ1) is 21.4. The van der Waals surface area contributed by atoms with Crippen LogP contribution in [0.3, 0.4) is 0 Å². The van der Waals surface area contributed by atoms with Crippen molar-refractivity contribution in [2.24, 2.45) is 0 Å². The van der Waals surface area contributed by atoms with Gasteiger partial charge >= 0.3 is 11.9 Å². The van der Waals surface area contributed by atoms with Crippen LogP contribution in [0, 0.1) is 15.9 Å². The Morgan fingerprint density at radius 1 is 1.31 bits per heavy atom. The Morgan fingerprint density at radius 2 is 2.03 bits per heavy atom. The van der Waals surface area contributed by atoms with Crippen molar-refractivity contribution in [1.29, 1.82) is 0 Å². The number of nitrogens with zero attached hydrogens (tertiary/aromatic N) is 5. The van der Waals surface area contributed by atoms with Crippen LogP contribution in [0.25, 0.3) is 11.0 Å². The molecule has 168 valence electrons. The maximum absolute atomic E-state index is 14.9. The maximum Gasteiger partial charge on any atom is 0.433 e. The van der Waals surface area contributed by atoms with E-state index in [4.69, 9.17) is 4.42 Å². The zero-order valence-corrected chi connectivity index (χ0v) is 17.2. The number of halogens is 1. The molecule has 0 spiro atoms. The van der Waals surface area contributed by atoms with E-state index in [2.05, 4.69) is 4.98 Å². The number of furan rings is 1. The van der Waals surface area contributed by atoms with Gasteiger partial charge in [0.25, 0.3) is 0 Å². The predicted molar refractivity (Wildman–Crippen MR) is 111 cm³/mol. The van der Waals surface area contributed by atoms with Gasteiger partial charge in [-0.15, -0.1) is 0 Å². The standard InChI is InChI=1S/C20H20FN5O6/c1-2-24-11-14(20(28)29)17(27)13-9-15(21)19(22-18(13)24)25-7-5-23(6-8-25)10-12-3-4-16(32-12)26(30)31/h3-4,9,11H,2,5-8,10H2,1H3,(H,28,29). The Bertz CT molecular complexity index is 1260. The number of fused-ring (bicyclic) bond motifs is 1. The summed E-state index contributed by atoms with van der Waals surface area (Å²) in [5, 5.41) is 19.9. The number of anilines is 1. The highest BCUT2D eigenvalue weighted by Gasteiger charge is 2.24. The number of aromatic carboxylic acids is 1. The summed E-state index contributed by atoms with van der Waals surface area (Å²) in [6.07, 6.45) is 1.22. The summed E-state index contributed by atoms with van der Waals surface area (Å²) in [6, 6.07) is 3.92. The summed E-state index contributed by atoms with van der Waals surface area (Å²) in [7, 11) is 0. The number of hydrogen-bond acceptors (Lipinski definition) is 8. The molecule has 3 aromatic rings. The summed E-state index contributed by atoms with van der Waals surface area (Å²) in [6.45, 7) is 4.51. The minimum atomic E-state index is -1.37. The lowest BCUT2D eigenvalue weighted by Gasteiger charge is -2.35. The van der Waals surface area contributed by atoms with Crippen molar-refractivity contribution >= 4 is 28.7 Å². The Morgan fingerprint density at radius 3 is 2.62 bits per heavy atom. The van der Waals surface area contributed by atoms with Gasteiger partial charge in [-0.05, 0) is 19.1 Å². The molecule has 0 amide bonds. The van der Waals surface area contributed by atoms with Crippen molar-refractivity contribution < 1.29 is 23.6 Å². The van der Waals surface area contributed by atoms with Crippen LogP contribution in [0.2, 0.25) is 0 Å². The van der Waals surface area contributed by atoms with Crippen LogP contribution < -0.4 is 10.3 Å². The maximum atomic E-state index is 14.9. The van der Waals surface area contributed by atoms with Crippen molar-refractivity contribution in [3.8, 4) is 0 Å². The molecule has 4 heterocycles. The highest BCUT2D eigenvalue weighted by atomic mass is 19.1. The Kier molecular flexibility index (Phi) is 5.61. The SMILES string of the molecule is CCn1cc(C(=O)O)c(=O)c2cc(F)c(N3CCN(Cc4ccc([N+](=O)[O-])o4)CC3)nc21. The summed E-state index contributed by atoms with van der Waals surface area (Å²) < 4.78 is 21.6. The van der Waals surface area contributed by atoms with Gasteiger partial charge in [-0.1, -0.05) is 0 Å². The molecule has 11 nitrogen and oxygen atoms in total. The van der Waals surface area contributed by atoms with Crippen molar-refractivity contribution in [3.63, 3.8) is 0 Å². The van der Waals surface area contributed by atoms with Crippen molar-refractivity contribution in [3.05, 3.63) is 61.9 Å². The third kappa shape index (κ3) is 3.91. The number of piperazine rings is 1. The van der Waals surface area contributed by atoms with E-state index in [1.807, 2.05) is 4.90 Å². The second kappa shape index (κ2) is 8.38. The fourth-order valence-corrected chi connectivity index (χ4v) is 3.78. The van der Waals surface area contributed by atoms with Gasteiger partial charge in [0.15, 0.2) is 11.6 Å². The molecule has 32 heavy (non-hydrogen) atoms. The average Bonchev–Trinajstić information content (AvgIpc) is 3.23. The van der Waals surface area contributed by atoms with E-state index in [1.54, 1.807) is 17.9 Å². The highest BCUT2D eigenvalue weighted by Crippen LogP contribution is 2.24. The molecule has 1 saturated heterocycles. The number of aryl methyl sites for hydroxylation is 1. The molecule has 0 unspecified atom stereocenters. The molecule has 1 aliphatic rings. The first-order chi connectivity index (χ1) is 15.3. The second-order valence-electron chi connectivity index (χ2n) is 7.39. The minimum Gasteiger partial charge on any atom is -0.477 e. The van der Waals surface area contributed by atoms with Crippen LogP contribution in [-0.2, 0) is 13.1 Å². The van der Waals surface area contributed by atoms with Crippen LogP contribution >= 0.6 is 0 Å². The van der Waals surface area contributed by atoms with E-state index in [9.17, 15) is 29.2 Å². The number of carbonyl (C=O) groups is 1. The number of carboxylic acid groups (broad SMARTS) is 1. The van der Waals surface area contributed by atoms with Crippen molar-refractivity contribution in [1.82, 2.24) is 14.5 Å². The quantitative estimate of drug-likeness (QED) is 0.447. The summed E-state index contributed by atoms with van der Waals surface area (Å²) in [4.78, 5) is 42.1. The van der Waals surface area contributed by atoms with Gasteiger partial charge in [0.05, 0.1) is 18.0 Å². The lowest BCUT2D eigenvalue weighted by atomic mass is 10.2. The number of hydrogen-bond donors (Lipinski definition) is 1. The molecule has 0 aromatic carbocycles. The lowest BCUT2D eigenvalue weighted by molar-refractivity contribution is -0.402. The number of pyridine rings is 2. The van der Waals surface area contributed by atoms with E-state index >= 15 is 0 Å². The van der Waals surface area contributed by atoms with Crippen molar-refractivity contribution in [2.75, 3.05) is 31.1 Å². The monoisotopic (exact) mass is 445 g/mol. The smallest absolute Gasteiger partial charge is 0.433 e. The highest BCUT2D eigenvalue weighted by molar-refractivity contribution is 5.92. The zero-order valence-electron chi connectivity index (χ0n) is 17.2. The molecule has 0 radical (unpaired) electrons. The molecule has 4 rings (SSSR count). The summed E-state index contributed by atoms with van der Waals surface area (Å²) in [5.41, 5.74) is -0.975. The lowest BCUT2D eigenvalue weighted by Crippen LogP contribution is -2.46. The molecule has 1 N–H and O–H groups in total. The van der Waals surface area contributed by atoms with Crippen LogP contribution in [0.4, 0.5) is 16.1 Å². The Hall–Kier alpha value is -3.80. The van der Waals surface area contributed by atoms with E-state index in [0.29, 0.717) is 45.0 Å². The van der Waals surface area contributed by atoms with Gasteiger partial charge in [-0.25, -0.2) is 14.2 Å². The van der Waals surface area contributed by atoms with Gasteiger partial charge < -0.3 is 19.0 Å². The molecule has 0 bridgehead atoms. The fourth-order valence-electron chi connectivity index (χ4n) is 3.78. The third-order valence-corrected chi connectivity index (χ3v) is 5.43. The Labute approximate surface area is 180 Å². The zero-order chi connectivity index (χ0) is 23.0.